The first kappa shape index (κ1) is 17.7. The number of allylic oxidation sites excluding steroid dienone is 3. The van der Waals surface area contributed by atoms with E-state index in [1.165, 1.54) is 12.5 Å². The predicted octanol–water partition coefficient (Wildman–Crippen LogP) is 4.14. The molecule has 0 bridgehead atoms. The molecule has 3 fully saturated rings. The standard InChI is InChI=1S/C22H28O4/c1-13(24)26-21(12-23)20-8-7-19-18-5-3-14-11-15(25)4-6-16(14)17(18)9-10-22(19,20)2/h11-12,16-19H,3-10H2,1-2H3/b21-20-/t16-,17+,18+,19-,22-/m0/s1. The number of hydrogen-bond donors (Lipinski definition) is 0. The summed E-state index contributed by atoms with van der Waals surface area (Å²) in [6, 6.07) is 0. The van der Waals surface area contributed by atoms with E-state index in [1.54, 1.807) is 0 Å². The predicted molar refractivity (Wildman–Crippen MR) is 96.9 cm³/mol. The lowest BCUT2D eigenvalue weighted by Gasteiger charge is -2.53. The van der Waals surface area contributed by atoms with Gasteiger partial charge in [-0.3, -0.25) is 14.4 Å². The maximum Gasteiger partial charge on any atom is 0.308 e. The minimum absolute atomic E-state index is 0.0292. The van der Waals surface area contributed by atoms with Crippen LogP contribution in [0.4, 0.5) is 0 Å². The molecule has 0 unspecified atom stereocenters. The molecule has 5 atom stereocenters. The van der Waals surface area contributed by atoms with Crippen molar-refractivity contribution in [1.82, 2.24) is 0 Å². The summed E-state index contributed by atoms with van der Waals surface area (Å²) in [6.45, 7) is 3.63. The van der Waals surface area contributed by atoms with Gasteiger partial charge in [0.05, 0.1) is 0 Å². The van der Waals surface area contributed by atoms with Crippen LogP contribution >= 0.6 is 0 Å². The summed E-state index contributed by atoms with van der Waals surface area (Å²) in [4.78, 5) is 34.8. The van der Waals surface area contributed by atoms with Gasteiger partial charge >= 0.3 is 5.97 Å². The van der Waals surface area contributed by atoms with Crippen LogP contribution in [0.15, 0.2) is 23.0 Å². The third kappa shape index (κ3) is 2.69. The lowest BCUT2D eigenvalue weighted by atomic mass is 9.52. The molecule has 4 heteroatoms. The highest BCUT2D eigenvalue weighted by molar-refractivity contribution is 5.91. The minimum atomic E-state index is -0.417. The minimum Gasteiger partial charge on any atom is -0.423 e. The fourth-order valence-corrected chi connectivity index (χ4v) is 6.71. The van der Waals surface area contributed by atoms with Crippen LogP contribution in [-0.4, -0.2) is 18.0 Å². The number of carbonyl (C=O) groups excluding carboxylic acids is 3. The average molecular weight is 356 g/mol. The molecule has 4 aliphatic rings. The Balaban J connectivity index is 1.64. The summed E-state index contributed by atoms with van der Waals surface area (Å²) < 4.78 is 5.26. The fourth-order valence-electron chi connectivity index (χ4n) is 6.71. The smallest absolute Gasteiger partial charge is 0.308 e. The quantitative estimate of drug-likeness (QED) is 0.323. The van der Waals surface area contributed by atoms with Crippen LogP contribution in [-0.2, 0) is 19.1 Å². The van der Waals surface area contributed by atoms with Gasteiger partial charge in [-0.05, 0) is 85.7 Å². The second-order valence-corrected chi connectivity index (χ2v) is 8.85. The molecule has 4 rings (SSSR count). The zero-order chi connectivity index (χ0) is 18.5. The van der Waals surface area contributed by atoms with Gasteiger partial charge in [0, 0.05) is 13.3 Å². The molecule has 3 saturated carbocycles. The van der Waals surface area contributed by atoms with Crippen LogP contribution < -0.4 is 0 Å². The van der Waals surface area contributed by atoms with Gasteiger partial charge in [0.2, 0.25) is 0 Å². The van der Waals surface area contributed by atoms with Crippen molar-refractivity contribution in [2.75, 3.05) is 0 Å². The van der Waals surface area contributed by atoms with Crippen LogP contribution in [0.1, 0.15) is 65.2 Å². The number of fused-ring (bicyclic) bond motifs is 5. The second-order valence-electron chi connectivity index (χ2n) is 8.85. The van der Waals surface area contributed by atoms with Crippen molar-refractivity contribution >= 4 is 18.0 Å². The SMILES string of the molecule is CC(=O)O/C(C=O)=C1/CC[C@H]2[C@@H]3CCC4=CC(=O)CC[C@@H]4[C@H]3CC[C@]12C. The van der Waals surface area contributed by atoms with Crippen molar-refractivity contribution < 1.29 is 19.1 Å². The van der Waals surface area contributed by atoms with E-state index in [9.17, 15) is 14.4 Å². The Morgan fingerprint density at radius 2 is 1.96 bits per heavy atom. The number of ketones is 1. The Hall–Kier alpha value is -1.71. The highest BCUT2D eigenvalue weighted by Gasteiger charge is 2.55. The zero-order valence-electron chi connectivity index (χ0n) is 15.8. The molecule has 0 aromatic rings. The number of rotatable bonds is 2. The molecule has 140 valence electrons. The van der Waals surface area contributed by atoms with E-state index in [2.05, 4.69) is 6.92 Å². The summed E-state index contributed by atoms with van der Waals surface area (Å²) in [5.74, 6) is 2.63. The van der Waals surface area contributed by atoms with Crippen molar-refractivity contribution in [2.24, 2.45) is 29.1 Å². The molecular weight excluding hydrogens is 328 g/mol. The van der Waals surface area contributed by atoms with E-state index in [-0.39, 0.29) is 11.2 Å². The molecule has 0 aromatic heterocycles. The molecular formula is C22H28O4. The van der Waals surface area contributed by atoms with Crippen molar-refractivity contribution in [3.8, 4) is 0 Å². The van der Waals surface area contributed by atoms with Crippen molar-refractivity contribution in [1.29, 1.82) is 0 Å². The number of aldehydes is 1. The van der Waals surface area contributed by atoms with E-state index >= 15 is 0 Å². The van der Waals surface area contributed by atoms with E-state index in [1.807, 2.05) is 6.08 Å². The average Bonchev–Trinajstić information content (AvgIpc) is 2.96. The van der Waals surface area contributed by atoms with Crippen LogP contribution in [0.5, 0.6) is 0 Å². The largest absolute Gasteiger partial charge is 0.423 e. The molecule has 0 aromatic carbocycles. The molecule has 0 saturated heterocycles. The molecule has 0 N–H and O–H groups in total. The van der Waals surface area contributed by atoms with Gasteiger partial charge in [0.25, 0.3) is 0 Å². The zero-order valence-corrected chi connectivity index (χ0v) is 15.8. The lowest BCUT2D eigenvalue weighted by molar-refractivity contribution is -0.138. The molecule has 0 aliphatic heterocycles. The van der Waals surface area contributed by atoms with E-state index in [0.717, 1.165) is 56.8 Å². The van der Waals surface area contributed by atoms with Gasteiger partial charge < -0.3 is 4.74 Å². The van der Waals surface area contributed by atoms with Gasteiger partial charge in [-0.15, -0.1) is 0 Å². The molecule has 0 radical (unpaired) electrons. The van der Waals surface area contributed by atoms with Crippen LogP contribution in [0.2, 0.25) is 0 Å². The summed E-state index contributed by atoms with van der Waals surface area (Å²) in [7, 11) is 0. The molecule has 0 amide bonds. The van der Waals surface area contributed by atoms with Crippen molar-refractivity contribution in [3.05, 3.63) is 23.0 Å². The molecule has 4 nitrogen and oxygen atoms in total. The van der Waals surface area contributed by atoms with E-state index < -0.39 is 5.97 Å². The molecule has 0 spiro atoms. The van der Waals surface area contributed by atoms with Gasteiger partial charge in [-0.1, -0.05) is 12.5 Å². The van der Waals surface area contributed by atoms with Crippen LogP contribution in [0, 0.1) is 29.1 Å². The Labute approximate surface area is 155 Å². The number of carbonyl (C=O) groups is 3. The third-order valence-corrected chi connectivity index (χ3v) is 7.74. The number of hydrogen-bond acceptors (Lipinski definition) is 4. The number of ether oxygens (including phenoxy) is 1. The third-order valence-electron chi connectivity index (χ3n) is 7.74. The Morgan fingerprint density at radius 1 is 1.15 bits per heavy atom. The Morgan fingerprint density at radius 3 is 2.69 bits per heavy atom. The van der Waals surface area contributed by atoms with Crippen LogP contribution in [0.3, 0.4) is 0 Å². The first-order chi connectivity index (χ1) is 12.4. The van der Waals surface area contributed by atoms with Gasteiger partial charge in [0.15, 0.2) is 17.8 Å². The lowest BCUT2D eigenvalue weighted by Crippen LogP contribution is -2.45. The first-order valence-electron chi connectivity index (χ1n) is 10.0. The number of esters is 1. The molecule has 0 heterocycles. The van der Waals surface area contributed by atoms with Gasteiger partial charge in [-0.25, -0.2) is 0 Å². The highest BCUT2D eigenvalue weighted by Crippen LogP contribution is 2.63. The van der Waals surface area contributed by atoms with E-state index in [4.69, 9.17) is 4.74 Å². The summed E-state index contributed by atoms with van der Waals surface area (Å²) in [6.07, 6.45) is 10.7. The monoisotopic (exact) mass is 356 g/mol. The highest BCUT2D eigenvalue weighted by atomic mass is 16.5. The molecule has 26 heavy (non-hydrogen) atoms. The Kier molecular flexibility index (Phi) is 4.40. The first-order valence-corrected chi connectivity index (χ1v) is 10.0. The van der Waals surface area contributed by atoms with Crippen molar-refractivity contribution in [3.63, 3.8) is 0 Å². The topological polar surface area (TPSA) is 60.4 Å². The fraction of sp³-hybridized carbons (Fsp3) is 0.682. The Bertz CT molecular complexity index is 716. The molecule has 4 aliphatic carbocycles. The summed E-state index contributed by atoms with van der Waals surface area (Å²) in [5.41, 5.74) is 2.43. The van der Waals surface area contributed by atoms with E-state index in [0.29, 0.717) is 35.9 Å². The second kappa shape index (κ2) is 6.47. The van der Waals surface area contributed by atoms with Gasteiger partial charge in [0.1, 0.15) is 0 Å². The maximum absolute atomic E-state index is 11.8. The summed E-state index contributed by atoms with van der Waals surface area (Å²) in [5, 5.41) is 0. The van der Waals surface area contributed by atoms with Crippen molar-refractivity contribution in [2.45, 2.75) is 65.2 Å². The van der Waals surface area contributed by atoms with Gasteiger partial charge in [-0.2, -0.15) is 0 Å². The maximum atomic E-state index is 11.8. The van der Waals surface area contributed by atoms with Crippen LogP contribution in [0.25, 0.3) is 0 Å². The normalized spacial score (nSPS) is 40.7. The summed E-state index contributed by atoms with van der Waals surface area (Å²) >= 11 is 0.